The van der Waals surface area contributed by atoms with Crippen LogP contribution in [0.2, 0.25) is 0 Å². The summed E-state index contributed by atoms with van der Waals surface area (Å²) in [4.78, 5) is 31.3. The number of hydrogen-bond acceptors (Lipinski definition) is 7. The first kappa shape index (κ1) is 22.9. The molecule has 32 heavy (non-hydrogen) atoms. The number of hydrogen-bond donors (Lipinski definition) is 0. The molecule has 1 aromatic heterocycles. The lowest BCUT2D eigenvalue weighted by Crippen LogP contribution is -2.34. The van der Waals surface area contributed by atoms with Crippen molar-refractivity contribution < 1.29 is 23.5 Å². The van der Waals surface area contributed by atoms with Crippen molar-refractivity contribution in [2.24, 2.45) is 0 Å². The van der Waals surface area contributed by atoms with Gasteiger partial charge in [-0.15, -0.1) is 0 Å². The molecule has 3 rings (SSSR count). The molecule has 0 N–H and O–H groups in total. The van der Waals surface area contributed by atoms with Gasteiger partial charge in [-0.2, -0.15) is 5.26 Å². The van der Waals surface area contributed by atoms with Crippen LogP contribution in [-0.2, 0) is 16.1 Å². The summed E-state index contributed by atoms with van der Waals surface area (Å²) in [5.41, 5.74) is 1.61. The number of anilines is 1. The number of carbonyl (C=O) groups excluding carboxylic acids is 2. The molecule has 9 heteroatoms. The molecule has 164 valence electrons. The minimum absolute atomic E-state index is 0.116. The second-order valence-corrected chi connectivity index (χ2v) is 7.64. The summed E-state index contributed by atoms with van der Waals surface area (Å²) < 4.78 is 23.9. The van der Waals surface area contributed by atoms with Gasteiger partial charge in [0, 0.05) is 0 Å². The zero-order valence-electron chi connectivity index (χ0n) is 17.5. The summed E-state index contributed by atoms with van der Waals surface area (Å²) in [6.07, 6.45) is 0. The van der Waals surface area contributed by atoms with Gasteiger partial charge in [0.15, 0.2) is 11.7 Å². The Labute approximate surface area is 188 Å². The number of aromatic nitrogens is 1. The highest BCUT2D eigenvalue weighted by atomic mass is 32.1. The average molecular weight is 453 g/mol. The predicted octanol–water partition coefficient (Wildman–Crippen LogP) is 4.25. The van der Waals surface area contributed by atoms with E-state index < -0.39 is 11.9 Å². The summed E-state index contributed by atoms with van der Waals surface area (Å²) in [6, 6.07) is 14.2. The van der Waals surface area contributed by atoms with E-state index in [1.54, 1.807) is 50.2 Å². The third-order valence-electron chi connectivity index (χ3n) is 4.38. The van der Waals surface area contributed by atoms with E-state index in [2.05, 4.69) is 4.98 Å². The van der Waals surface area contributed by atoms with Gasteiger partial charge in [-0.3, -0.25) is 9.69 Å². The van der Waals surface area contributed by atoms with E-state index in [4.69, 9.17) is 14.7 Å². The molecule has 1 heterocycles. The predicted molar refractivity (Wildman–Crippen MR) is 117 cm³/mol. The minimum Gasteiger partial charge on any atom is -0.484 e. The van der Waals surface area contributed by atoms with Crippen LogP contribution in [0, 0.1) is 24.1 Å². The lowest BCUT2D eigenvalue weighted by Gasteiger charge is -2.20. The molecule has 0 bridgehead atoms. The van der Waals surface area contributed by atoms with Crippen LogP contribution < -0.4 is 9.64 Å². The van der Waals surface area contributed by atoms with E-state index in [9.17, 15) is 14.0 Å². The SMILES string of the molecule is CCOC(=O)c1sc(N(Cc2ccc(F)cc2)C(=O)COc2ccc(C#N)cc2)nc1C. The van der Waals surface area contributed by atoms with Crippen molar-refractivity contribution in [3.63, 3.8) is 0 Å². The van der Waals surface area contributed by atoms with Crippen LogP contribution in [0.5, 0.6) is 5.75 Å². The zero-order chi connectivity index (χ0) is 23.1. The second kappa shape index (κ2) is 10.5. The van der Waals surface area contributed by atoms with Crippen LogP contribution >= 0.6 is 11.3 Å². The maximum Gasteiger partial charge on any atom is 0.350 e. The Morgan fingerprint density at radius 3 is 2.47 bits per heavy atom. The standard InChI is InChI=1S/C23H20FN3O4S/c1-3-30-22(29)21-15(2)26-23(32-21)27(13-17-4-8-18(24)9-5-17)20(28)14-31-19-10-6-16(12-25)7-11-19/h4-11H,3,13-14H2,1-2H3. The fourth-order valence-corrected chi connectivity index (χ4v) is 3.74. The number of carbonyl (C=O) groups is 2. The summed E-state index contributed by atoms with van der Waals surface area (Å²) in [5, 5.41) is 9.19. The number of nitriles is 1. The van der Waals surface area contributed by atoms with Crippen molar-refractivity contribution >= 4 is 28.3 Å². The van der Waals surface area contributed by atoms with Crippen LogP contribution in [0.4, 0.5) is 9.52 Å². The Bertz CT molecular complexity index is 1140. The molecule has 0 unspecified atom stereocenters. The minimum atomic E-state index is -0.503. The zero-order valence-corrected chi connectivity index (χ0v) is 18.3. The number of amides is 1. The molecule has 0 spiro atoms. The number of thiazole rings is 1. The topological polar surface area (TPSA) is 92.5 Å². The molecule has 0 fully saturated rings. The first-order valence-electron chi connectivity index (χ1n) is 9.73. The van der Waals surface area contributed by atoms with Gasteiger partial charge in [-0.25, -0.2) is 14.2 Å². The van der Waals surface area contributed by atoms with E-state index in [1.807, 2.05) is 6.07 Å². The third kappa shape index (κ3) is 5.68. The third-order valence-corrected chi connectivity index (χ3v) is 5.54. The number of benzene rings is 2. The number of nitrogens with zero attached hydrogens (tertiary/aromatic N) is 3. The quantitative estimate of drug-likeness (QED) is 0.474. The monoisotopic (exact) mass is 453 g/mol. The molecule has 0 aliphatic heterocycles. The first-order valence-corrected chi connectivity index (χ1v) is 10.5. The van der Waals surface area contributed by atoms with Gasteiger partial charge in [0.25, 0.3) is 5.91 Å². The van der Waals surface area contributed by atoms with Crippen LogP contribution in [0.25, 0.3) is 0 Å². The van der Waals surface area contributed by atoms with E-state index in [0.717, 1.165) is 11.3 Å². The Morgan fingerprint density at radius 1 is 1.16 bits per heavy atom. The maximum atomic E-state index is 13.3. The van der Waals surface area contributed by atoms with Gasteiger partial charge < -0.3 is 9.47 Å². The lowest BCUT2D eigenvalue weighted by atomic mass is 10.2. The molecule has 0 radical (unpaired) electrons. The van der Waals surface area contributed by atoms with Crippen molar-refractivity contribution in [2.75, 3.05) is 18.1 Å². The fraction of sp³-hybridized carbons (Fsp3) is 0.217. The Hall–Kier alpha value is -3.77. The highest BCUT2D eigenvalue weighted by Crippen LogP contribution is 2.28. The molecule has 7 nitrogen and oxygen atoms in total. The van der Waals surface area contributed by atoms with Gasteiger partial charge >= 0.3 is 5.97 Å². The van der Waals surface area contributed by atoms with E-state index in [0.29, 0.717) is 32.6 Å². The van der Waals surface area contributed by atoms with Crippen molar-refractivity contribution in [3.8, 4) is 11.8 Å². The summed E-state index contributed by atoms with van der Waals surface area (Å²) in [7, 11) is 0. The summed E-state index contributed by atoms with van der Waals surface area (Å²) in [5.74, 6) is -0.855. The highest BCUT2D eigenvalue weighted by Gasteiger charge is 2.24. The van der Waals surface area contributed by atoms with Gasteiger partial charge in [0.1, 0.15) is 16.4 Å². The Balaban J connectivity index is 1.83. The molecule has 3 aromatic rings. The van der Waals surface area contributed by atoms with Crippen LogP contribution in [0.15, 0.2) is 48.5 Å². The Kier molecular flexibility index (Phi) is 7.52. The normalized spacial score (nSPS) is 10.3. The molecule has 2 aromatic carbocycles. The van der Waals surface area contributed by atoms with Gasteiger partial charge in [-0.05, 0) is 55.8 Å². The van der Waals surface area contributed by atoms with Crippen molar-refractivity contribution in [1.82, 2.24) is 4.98 Å². The fourth-order valence-electron chi connectivity index (χ4n) is 2.77. The molecular formula is C23H20FN3O4S. The van der Waals surface area contributed by atoms with Crippen molar-refractivity contribution in [2.45, 2.75) is 20.4 Å². The lowest BCUT2D eigenvalue weighted by molar-refractivity contribution is -0.120. The number of aryl methyl sites for hydroxylation is 1. The summed E-state index contributed by atoms with van der Waals surface area (Å²) in [6.45, 7) is 3.42. The molecule has 0 aliphatic rings. The number of ether oxygens (including phenoxy) is 2. The smallest absolute Gasteiger partial charge is 0.350 e. The summed E-state index contributed by atoms with van der Waals surface area (Å²) >= 11 is 1.05. The number of esters is 1. The average Bonchev–Trinajstić information content (AvgIpc) is 3.19. The molecule has 0 atom stereocenters. The largest absolute Gasteiger partial charge is 0.484 e. The van der Waals surface area contributed by atoms with Crippen molar-refractivity contribution in [1.29, 1.82) is 5.26 Å². The molecule has 0 saturated carbocycles. The van der Waals surface area contributed by atoms with E-state index in [-0.39, 0.29) is 25.6 Å². The first-order chi connectivity index (χ1) is 15.4. The number of rotatable bonds is 8. The van der Waals surface area contributed by atoms with Crippen molar-refractivity contribution in [3.05, 3.63) is 76.0 Å². The van der Waals surface area contributed by atoms with Crippen LogP contribution in [-0.4, -0.2) is 30.1 Å². The second-order valence-electron chi connectivity index (χ2n) is 6.66. The van der Waals surface area contributed by atoms with Gasteiger partial charge in [0.05, 0.1) is 30.5 Å². The molecule has 0 saturated heterocycles. The Morgan fingerprint density at radius 2 is 1.84 bits per heavy atom. The van der Waals surface area contributed by atoms with Crippen LogP contribution in [0.3, 0.4) is 0 Å². The molecular weight excluding hydrogens is 433 g/mol. The molecule has 1 amide bonds. The van der Waals surface area contributed by atoms with Gasteiger partial charge in [0.2, 0.25) is 0 Å². The highest BCUT2D eigenvalue weighted by molar-refractivity contribution is 7.17. The van der Waals surface area contributed by atoms with E-state index >= 15 is 0 Å². The van der Waals surface area contributed by atoms with E-state index in [1.165, 1.54) is 17.0 Å². The molecule has 0 aliphatic carbocycles. The van der Waals surface area contributed by atoms with Crippen LogP contribution in [0.1, 0.15) is 33.4 Å². The maximum absolute atomic E-state index is 13.3. The van der Waals surface area contributed by atoms with Gasteiger partial charge in [-0.1, -0.05) is 23.5 Å². The number of halogens is 1.